The third-order valence-corrected chi connectivity index (χ3v) is 3.24. The van der Waals surface area contributed by atoms with Gasteiger partial charge in [0.15, 0.2) is 0 Å². The van der Waals surface area contributed by atoms with Crippen molar-refractivity contribution in [3.63, 3.8) is 0 Å². The van der Waals surface area contributed by atoms with Gasteiger partial charge in [-0.3, -0.25) is 10.1 Å². The molecule has 0 radical (unpaired) electrons. The van der Waals surface area contributed by atoms with E-state index >= 15 is 0 Å². The largest absolute Gasteiger partial charge is 0.313 e. The first-order chi connectivity index (χ1) is 8.95. The lowest BCUT2D eigenvalue weighted by Gasteiger charge is -2.06. The van der Waals surface area contributed by atoms with E-state index in [-0.39, 0.29) is 5.69 Å². The van der Waals surface area contributed by atoms with Gasteiger partial charge in [-0.05, 0) is 32.0 Å². The van der Waals surface area contributed by atoms with Gasteiger partial charge in [0, 0.05) is 4.47 Å². The summed E-state index contributed by atoms with van der Waals surface area (Å²) in [5.74, 6) is 0. The second kappa shape index (κ2) is 4.82. The SMILES string of the molecule is Cc1nn(-c2ccc(Br)cc2C#N)c(C)c1[N+](=O)[O-]. The van der Waals surface area contributed by atoms with Crippen LogP contribution in [0, 0.1) is 35.3 Å². The van der Waals surface area contributed by atoms with Crippen LogP contribution in [0.5, 0.6) is 0 Å². The summed E-state index contributed by atoms with van der Waals surface area (Å²) in [5.41, 5.74) is 1.64. The third-order valence-electron chi connectivity index (χ3n) is 2.74. The molecular formula is C12H9BrN4O2. The molecule has 2 rings (SSSR count). The first-order valence-corrected chi connectivity index (χ1v) is 6.15. The summed E-state index contributed by atoms with van der Waals surface area (Å²) in [6.45, 7) is 3.19. The van der Waals surface area contributed by atoms with E-state index in [0.29, 0.717) is 22.6 Å². The molecular weight excluding hydrogens is 312 g/mol. The molecule has 0 aliphatic carbocycles. The molecule has 0 fully saturated rings. The number of halogens is 1. The summed E-state index contributed by atoms with van der Waals surface area (Å²) >= 11 is 3.28. The van der Waals surface area contributed by atoms with Crippen LogP contribution in [0.1, 0.15) is 17.0 Å². The maximum absolute atomic E-state index is 11.0. The highest BCUT2D eigenvalue weighted by Gasteiger charge is 2.23. The number of benzene rings is 1. The van der Waals surface area contributed by atoms with E-state index in [1.807, 2.05) is 0 Å². The smallest absolute Gasteiger partial charge is 0.258 e. The average molecular weight is 321 g/mol. The van der Waals surface area contributed by atoms with Crippen molar-refractivity contribution in [3.05, 3.63) is 49.7 Å². The van der Waals surface area contributed by atoms with Gasteiger partial charge in [-0.2, -0.15) is 10.4 Å². The molecule has 2 aromatic rings. The first kappa shape index (κ1) is 13.2. The molecule has 0 aliphatic heterocycles. The molecule has 0 N–H and O–H groups in total. The van der Waals surface area contributed by atoms with Gasteiger partial charge in [-0.15, -0.1) is 0 Å². The monoisotopic (exact) mass is 320 g/mol. The molecule has 1 aromatic carbocycles. The summed E-state index contributed by atoms with van der Waals surface area (Å²) in [7, 11) is 0. The van der Waals surface area contributed by atoms with Crippen LogP contribution in [0.2, 0.25) is 0 Å². The molecule has 0 atom stereocenters. The Bertz CT molecular complexity index is 715. The van der Waals surface area contributed by atoms with E-state index in [9.17, 15) is 10.1 Å². The summed E-state index contributed by atoms with van der Waals surface area (Å²) < 4.78 is 2.20. The van der Waals surface area contributed by atoms with Gasteiger partial charge in [0.2, 0.25) is 0 Å². The lowest BCUT2D eigenvalue weighted by Crippen LogP contribution is -2.02. The zero-order valence-corrected chi connectivity index (χ0v) is 11.8. The lowest BCUT2D eigenvalue weighted by atomic mass is 10.2. The Morgan fingerprint density at radius 3 is 2.68 bits per heavy atom. The van der Waals surface area contributed by atoms with Crippen LogP contribution in [0.4, 0.5) is 5.69 Å². The van der Waals surface area contributed by atoms with Crippen molar-refractivity contribution >= 4 is 21.6 Å². The Balaban J connectivity index is 2.71. The van der Waals surface area contributed by atoms with Gasteiger partial charge < -0.3 is 0 Å². The topological polar surface area (TPSA) is 84.8 Å². The van der Waals surface area contributed by atoms with Crippen LogP contribution in [-0.2, 0) is 0 Å². The maximum Gasteiger partial charge on any atom is 0.313 e. The van der Waals surface area contributed by atoms with Gasteiger partial charge in [0.05, 0.1) is 16.2 Å². The summed E-state index contributed by atoms with van der Waals surface area (Å²) in [4.78, 5) is 10.5. The molecule has 96 valence electrons. The van der Waals surface area contributed by atoms with Crippen molar-refractivity contribution in [2.24, 2.45) is 0 Å². The Morgan fingerprint density at radius 1 is 1.47 bits per heavy atom. The predicted octanol–water partition coefficient (Wildman–Crippen LogP) is 3.03. The van der Waals surface area contributed by atoms with E-state index in [0.717, 1.165) is 4.47 Å². The lowest BCUT2D eigenvalue weighted by molar-refractivity contribution is -0.386. The zero-order valence-electron chi connectivity index (χ0n) is 10.2. The van der Waals surface area contributed by atoms with Crippen molar-refractivity contribution in [1.82, 2.24) is 9.78 Å². The highest BCUT2D eigenvalue weighted by atomic mass is 79.9. The molecule has 0 saturated carbocycles. The third kappa shape index (κ3) is 2.22. The Morgan fingerprint density at radius 2 is 2.16 bits per heavy atom. The van der Waals surface area contributed by atoms with Crippen LogP contribution >= 0.6 is 15.9 Å². The Kier molecular flexibility index (Phi) is 3.36. The molecule has 0 amide bonds. The molecule has 0 saturated heterocycles. The molecule has 1 heterocycles. The normalized spacial score (nSPS) is 10.2. The van der Waals surface area contributed by atoms with Crippen molar-refractivity contribution in [1.29, 1.82) is 5.26 Å². The summed E-state index contributed by atoms with van der Waals surface area (Å²) in [6.07, 6.45) is 0. The molecule has 0 unspecified atom stereocenters. The van der Waals surface area contributed by atoms with E-state index < -0.39 is 4.92 Å². The van der Waals surface area contributed by atoms with Crippen LogP contribution in [-0.4, -0.2) is 14.7 Å². The second-order valence-corrected chi connectivity index (χ2v) is 4.88. The molecule has 19 heavy (non-hydrogen) atoms. The number of rotatable bonds is 2. The minimum atomic E-state index is -0.459. The number of nitrogens with zero attached hydrogens (tertiary/aromatic N) is 4. The number of hydrogen-bond acceptors (Lipinski definition) is 4. The summed E-state index contributed by atoms with van der Waals surface area (Å²) in [6, 6.07) is 7.17. The fourth-order valence-corrected chi connectivity index (χ4v) is 2.28. The van der Waals surface area contributed by atoms with Gasteiger partial charge in [0.25, 0.3) is 0 Å². The fourth-order valence-electron chi connectivity index (χ4n) is 1.92. The number of nitro groups is 1. The highest BCUT2D eigenvalue weighted by molar-refractivity contribution is 9.10. The van der Waals surface area contributed by atoms with Crippen LogP contribution in [0.25, 0.3) is 5.69 Å². The van der Waals surface area contributed by atoms with Crippen molar-refractivity contribution < 1.29 is 4.92 Å². The number of nitriles is 1. The average Bonchev–Trinajstić information content (AvgIpc) is 2.64. The van der Waals surface area contributed by atoms with Crippen molar-refractivity contribution in [2.45, 2.75) is 13.8 Å². The standard InChI is InChI=1S/C12H9BrN4O2/c1-7-12(17(18)19)8(2)16(15-7)11-4-3-10(13)5-9(11)6-14/h3-5H,1-2H3. The fraction of sp³-hybridized carbons (Fsp3) is 0.167. The van der Waals surface area contributed by atoms with Crippen LogP contribution in [0.15, 0.2) is 22.7 Å². The molecule has 1 aromatic heterocycles. The van der Waals surface area contributed by atoms with E-state index in [1.165, 1.54) is 4.68 Å². The molecule has 0 spiro atoms. The van der Waals surface area contributed by atoms with Gasteiger partial charge in [0.1, 0.15) is 17.5 Å². The number of aromatic nitrogens is 2. The van der Waals surface area contributed by atoms with Gasteiger partial charge in [-0.1, -0.05) is 15.9 Å². The van der Waals surface area contributed by atoms with Gasteiger partial charge in [-0.25, -0.2) is 4.68 Å². The van der Waals surface area contributed by atoms with Crippen LogP contribution in [0.3, 0.4) is 0 Å². The Hall–Kier alpha value is -2.20. The van der Waals surface area contributed by atoms with E-state index in [1.54, 1.807) is 32.0 Å². The maximum atomic E-state index is 11.0. The van der Waals surface area contributed by atoms with Crippen LogP contribution < -0.4 is 0 Å². The van der Waals surface area contributed by atoms with E-state index in [2.05, 4.69) is 27.1 Å². The predicted molar refractivity (Wildman–Crippen MR) is 72.1 cm³/mol. The molecule has 6 nitrogen and oxygen atoms in total. The first-order valence-electron chi connectivity index (χ1n) is 5.36. The minimum absolute atomic E-state index is 0.0215. The van der Waals surface area contributed by atoms with Gasteiger partial charge >= 0.3 is 5.69 Å². The number of aryl methyl sites for hydroxylation is 1. The minimum Gasteiger partial charge on any atom is -0.258 e. The van der Waals surface area contributed by atoms with Crippen molar-refractivity contribution in [3.8, 4) is 11.8 Å². The van der Waals surface area contributed by atoms with E-state index in [4.69, 9.17) is 5.26 Å². The zero-order chi connectivity index (χ0) is 14.2. The molecule has 0 bridgehead atoms. The second-order valence-electron chi connectivity index (χ2n) is 3.96. The Labute approximate surface area is 117 Å². The highest BCUT2D eigenvalue weighted by Crippen LogP contribution is 2.27. The van der Waals surface area contributed by atoms with Crippen molar-refractivity contribution in [2.75, 3.05) is 0 Å². The molecule has 7 heteroatoms. The number of hydrogen-bond donors (Lipinski definition) is 0. The molecule has 0 aliphatic rings. The quantitative estimate of drug-likeness (QED) is 0.628. The summed E-state index contributed by atoms with van der Waals surface area (Å²) in [5, 5.41) is 24.3.